The molecule has 1 aliphatic rings. The highest BCUT2D eigenvalue weighted by molar-refractivity contribution is 6.09. The summed E-state index contributed by atoms with van der Waals surface area (Å²) in [5, 5.41) is 19.9. The summed E-state index contributed by atoms with van der Waals surface area (Å²) < 4.78 is 0. The number of fused-ring (bicyclic) bond motifs is 1. The van der Waals surface area contributed by atoms with E-state index in [9.17, 15) is 24.3 Å². The fourth-order valence-electron chi connectivity index (χ4n) is 4.38. The zero-order valence-electron chi connectivity index (χ0n) is 19.5. The van der Waals surface area contributed by atoms with Crippen LogP contribution in [0.1, 0.15) is 36.1 Å². The van der Waals surface area contributed by atoms with E-state index in [2.05, 4.69) is 15.7 Å². The molecular weight excluding hydrogens is 462 g/mol. The molecule has 1 aliphatic heterocycles. The number of aliphatic carboxylic acids is 1. The van der Waals surface area contributed by atoms with Gasteiger partial charge in [-0.1, -0.05) is 66.7 Å². The molecule has 2 unspecified atom stereocenters. The molecule has 4 amide bonds. The maximum atomic E-state index is 13.2. The van der Waals surface area contributed by atoms with E-state index in [1.807, 2.05) is 30.3 Å². The van der Waals surface area contributed by atoms with Gasteiger partial charge in [0.2, 0.25) is 5.91 Å². The Morgan fingerprint density at radius 1 is 1.11 bits per heavy atom. The lowest BCUT2D eigenvalue weighted by atomic mass is 9.91. The molecule has 0 spiro atoms. The molecule has 10 heteroatoms. The zero-order valence-corrected chi connectivity index (χ0v) is 19.5. The Labute approximate surface area is 206 Å². The lowest BCUT2D eigenvalue weighted by Gasteiger charge is -2.23. The summed E-state index contributed by atoms with van der Waals surface area (Å²) in [7, 11) is 0. The number of hydrogen-bond acceptors (Lipinski definition) is 6. The maximum Gasteiger partial charge on any atom is 0.325 e. The molecule has 1 fully saturated rings. The normalized spacial score (nSPS) is 18.4. The highest BCUT2D eigenvalue weighted by atomic mass is 16.4. The molecule has 0 saturated carbocycles. The smallest absolute Gasteiger partial charge is 0.325 e. The van der Waals surface area contributed by atoms with Gasteiger partial charge in [-0.15, -0.1) is 0 Å². The van der Waals surface area contributed by atoms with Crippen LogP contribution in [-0.2, 0) is 19.9 Å². The lowest BCUT2D eigenvalue weighted by molar-refractivity contribution is -0.138. The number of hydrazone groups is 1. The van der Waals surface area contributed by atoms with E-state index >= 15 is 0 Å². The van der Waals surface area contributed by atoms with Crippen LogP contribution in [0, 0.1) is 0 Å². The summed E-state index contributed by atoms with van der Waals surface area (Å²) in [4.78, 5) is 51.2. The molecular formula is C26H25N5O5. The number of carbonyl (C=O) groups is 4. The van der Waals surface area contributed by atoms with Crippen LogP contribution >= 0.6 is 0 Å². The van der Waals surface area contributed by atoms with Gasteiger partial charge in [0.15, 0.2) is 0 Å². The minimum absolute atomic E-state index is 0.365. The SMILES string of the molecule is CC1(c2ccc(/C=N/N)cc2)NC(=O)N(CC(=O)NC(CC(=O)O)c2cccc3ccccc23)C1=O. The third-order valence-electron chi connectivity index (χ3n) is 6.20. The highest BCUT2D eigenvalue weighted by Crippen LogP contribution is 2.30. The summed E-state index contributed by atoms with van der Waals surface area (Å²) in [5.41, 5.74) is 0.506. The van der Waals surface area contributed by atoms with E-state index in [0.29, 0.717) is 11.1 Å². The van der Waals surface area contributed by atoms with Gasteiger partial charge in [-0.3, -0.25) is 19.3 Å². The molecule has 3 aromatic rings. The number of imide groups is 1. The number of carbonyl (C=O) groups excluding carboxylic acids is 3. The van der Waals surface area contributed by atoms with Gasteiger partial charge in [0.1, 0.15) is 12.1 Å². The van der Waals surface area contributed by atoms with Crippen molar-refractivity contribution in [2.24, 2.45) is 10.9 Å². The molecule has 0 bridgehead atoms. The van der Waals surface area contributed by atoms with Gasteiger partial charge in [-0.2, -0.15) is 5.10 Å². The van der Waals surface area contributed by atoms with Gasteiger partial charge in [-0.05, 0) is 34.4 Å². The number of urea groups is 1. The largest absolute Gasteiger partial charge is 0.481 e. The first-order valence-corrected chi connectivity index (χ1v) is 11.2. The molecule has 10 nitrogen and oxygen atoms in total. The van der Waals surface area contributed by atoms with Crippen LogP contribution in [0.5, 0.6) is 0 Å². The second-order valence-corrected chi connectivity index (χ2v) is 8.63. The van der Waals surface area contributed by atoms with Crippen LogP contribution in [0.25, 0.3) is 10.8 Å². The van der Waals surface area contributed by atoms with E-state index in [4.69, 9.17) is 5.84 Å². The van der Waals surface area contributed by atoms with Gasteiger partial charge >= 0.3 is 12.0 Å². The Kier molecular flexibility index (Phi) is 6.69. The number of nitrogens with two attached hydrogens (primary N) is 1. The summed E-state index contributed by atoms with van der Waals surface area (Å²) in [6.45, 7) is 1.000. The second-order valence-electron chi connectivity index (χ2n) is 8.63. The van der Waals surface area contributed by atoms with Crippen LogP contribution in [0.2, 0.25) is 0 Å². The Balaban J connectivity index is 1.53. The first-order valence-electron chi connectivity index (χ1n) is 11.2. The molecule has 5 N–H and O–H groups in total. The molecule has 0 aromatic heterocycles. The van der Waals surface area contributed by atoms with Gasteiger partial charge in [0.05, 0.1) is 18.7 Å². The maximum absolute atomic E-state index is 13.2. The molecule has 1 saturated heterocycles. The number of nitrogens with one attached hydrogen (secondary N) is 2. The van der Waals surface area contributed by atoms with E-state index in [1.54, 1.807) is 43.3 Å². The number of benzene rings is 3. The molecule has 1 heterocycles. The van der Waals surface area contributed by atoms with Crippen molar-refractivity contribution in [2.75, 3.05) is 6.54 Å². The Hall–Kier alpha value is -4.73. The van der Waals surface area contributed by atoms with E-state index in [1.165, 1.54) is 6.21 Å². The lowest BCUT2D eigenvalue weighted by Crippen LogP contribution is -2.44. The molecule has 36 heavy (non-hydrogen) atoms. The van der Waals surface area contributed by atoms with Crippen LogP contribution in [0.3, 0.4) is 0 Å². The van der Waals surface area contributed by atoms with Crippen molar-refractivity contribution in [3.05, 3.63) is 83.4 Å². The van der Waals surface area contributed by atoms with Crippen molar-refractivity contribution in [3.63, 3.8) is 0 Å². The Morgan fingerprint density at radius 2 is 1.81 bits per heavy atom. The van der Waals surface area contributed by atoms with Crippen molar-refractivity contribution < 1.29 is 24.3 Å². The minimum atomic E-state index is -1.37. The van der Waals surface area contributed by atoms with Crippen molar-refractivity contribution in [1.29, 1.82) is 0 Å². The standard InChI is InChI=1S/C26H25N5O5/c1-26(18-11-9-16(10-12-18)14-28-27)24(35)31(25(36)30-26)15-22(32)29-21(13-23(33)34)20-8-4-6-17-5-2-3-7-19(17)20/h2-12,14,21H,13,15,27H2,1H3,(H,29,32)(H,30,36)(H,33,34)/b28-14+. The number of carboxylic acid groups (broad SMARTS) is 1. The van der Waals surface area contributed by atoms with E-state index in [0.717, 1.165) is 21.2 Å². The highest BCUT2D eigenvalue weighted by Gasteiger charge is 2.49. The van der Waals surface area contributed by atoms with E-state index in [-0.39, 0.29) is 6.42 Å². The summed E-state index contributed by atoms with van der Waals surface area (Å²) in [5.74, 6) is 2.81. The van der Waals surface area contributed by atoms with Crippen LogP contribution in [0.4, 0.5) is 4.79 Å². The topological polar surface area (TPSA) is 154 Å². The number of hydrogen-bond donors (Lipinski definition) is 4. The predicted molar refractivity (Wildman–Crippen MR) is 133 cm³/mol. The third kappa shape index (κ3) is 4.74. The Morgan fingerprint density at radius 3 is 2.50 bits per heavy atom. The van der Waals surface area contributed by atoms with E-state index < -0.39 is 41.9 Å². The molecule has 4 rings (SSSR count). The molecule has 3 aromatic carbocycles. The van der Waals surface area contributed by atoms with Crippen molar-refractivity contribution in [1.82, 2.24) is 15.5 Å². The minimum Gasteiger partial charge on any atom is -0.481 e. The summed E-state index contributed by atoms with van der Waals surface area (Å²) >= 11 is 0. The van der Waals surface area contributed by atoms with Crippen molar-refractivity contribution >= 4 is 40.8 Å². The average molecular weight is 488 g/mol. The second kappa shape index (κ2) is 9.87. The molecule has 184 valence electrons. The van der Waals surface area contributed by atoms with Crippen LogP contribution < -0.4 is 16.5 Å². The van der Waals surface area contributed by atoms with Crippen LogP contribution in [-0.4, -0.2) is 46.6 Å². The van der Waals surface area contributed by atoms with Gasteiger partial charge in [-0.25, -0.2) is 4.79 Å². The number of nitrogens with zero attached hydrogens (tertiary/aromatic N) is 2. The fraction of sp³-hybridized carbons (Fsp3) is 0.192. The first-order chi connectivity index (χ1) is 17.2. The van der Waals surface area contributed by atoms with Gasteiger partial charge in [0, 0.05) is 0 Å². The van der Waals surface area contributed by atoms with Crippen molar-refractivity contribution in [3.8, 4) is 0 Å². The quantitative estimate of drug-likeness (QED) is 0.165. The number of carboxylic acids is 1. The molecule has 2 atom stereocenters. The van der Waals surface area contributed by atoms with Gasteiger partial charge < -0.3 is 21.6 Å². The van der Waals surface area contributed by atoms with Crippen molar-refractivity contribution in [2.45, 2.75) is 24.9 Å². The number of rotatable bonds is 8. The summed E-state index contributed by atoms with van der Waals surface area (Å²) in [6.07, 6.45) is 1.08. The molecule has 0 radical (unpaired) electrons. The predicted octanol–water partition coefficient (Wildman–Crippen LogP) is 2.23. The zero-order chi connectivity index (χ0) is 25.9. The summed E-state index contributed by atoms with van der Waals surface area (Å²) in [6, 6.07) is 18.0. The van der Waals surface area contributed by atoms with Gasteiger partial charge in [0.25, 0.3) is 5.91 Å². The Bertz CT molecular complexity index is 1370. The first kappa shape index (κ1) is 24.4. The van der Waals surface area contributed by atoms with Crippen LogP contribution in [0.15, 0.2) is 71.8 Å². The monoisotopic (exact) mass is 487 g/mol. The fourth-order valence-corrected chi connectivity index (χ4v) is 4.38. The molecule has 0 aliphatic carbocycles. The third-order valence-corrected chi connectivity index (χ3v) is 6.20. The average Bonchev–Trinajstić information content (AvgIpc) is 3.07. The number of amides is 4.